The van der Waals surface area contributed by atoms with Crippen LogP contribution in [0.3, 0.4) is 0 Å². The summed E-state index contributed by atoms with van der Waals surface area (Å²) >= 11 is 0. The van der Waals surface area contributed by atoms with Gasteiger partial charge >= 0.3 is 6.01 Å². The van der Waals surface area contributed by atoms with Crippen molar-refractivity contribution in [1.29, 1.82) is 0 Å². The second-order valence-corrected chi connectivity index (χ2v) is 5.75. The minimum atomic E-state index is 0.402. The summed E-state index contributed by atoms with van der Waals surface area (Å²) in [7, 11) is 0. The summed E-state index contributed by atoms with van der Waals surface area (Å²) in [6.07, 6.45) is 3.45. The highest BCUT2D eigenvalue weighted by Gasteiger charge is 2.21. The van der Waals surface area contributed by atoms with Crippen LogP contribution in [-0.4, -0.2) is 22.8 Å². The Morgan fingerprint density at radius 3 is 2.95 bits per heavy atom. The van der Waals surface area contributed by atoms with Crippen LogP contribution < -0.4 is 10.2 Å². The molecule has 0 saturated carbocycles. The zero-order chi connectivity index (χ0) is 14.7. The van der Waals surface area contributed by atoms with Gasteiger partial charge in [0.05, 0.1) is 6.54 Å². The first-order valence-electron chi connectivity index (χ1n) is 7.65. The summed E-state index contributed by atoms with van der Waals surface area (Å²) in [6, 6.07) is 9.48. The Morgan fingerprint density at radius 2 is 2.10 bits per heavy atom. The predicted molar refractivity (Wildman–Crippen MR) is 82.7 cm³/mol. The van der Waals surface area contributed by atoms with Gasteiger partial charge in [-0.1, -0.05) is 37.1 Å². The van der Waals surface area contributed by atoms with Gasteiger partial charge in [-0.15, -0.1) is 5.10 Å². The van der Waals surface area contributed by atoms with E-state index in [0.717, 1.165) is 19.4 Å². The maximum absolute atomic E-state index is 5.83. The molecule has 2 aromatic rings. The molecule has 1 N–H and O–H groups in total. The van der Waals surface area contributed by atoms with Gasteiger partial charge in [-0.25, -0.2) is 0 Å². The number of hydrogen-bond acceptors (Lipinski definition) is 5. The number of benzene rings is 1. The molecule has 0 aliphatic carbocycles. The lowest BCUT2D eigenvalue weighted by Crippen LogP contribution is -2.22. The average molecular weight is 286 g/mol. The van der Waals surface area contributed by atoms with Gasteiger partial charge in [0.15, 0.2) is 0 Å². The molecule has 1 aliphatic heterocycles. The van der Waals surface area contributed by atoms with Crippen molar-refractivity contribution in [3.05, 3.63) is 35.7 Å². The zero-order valence-electron chi connectivity index (χ0n) is 12.7. The average Bonchev–Trinajstić information content (AvgIpc) is 2.84. The Labute approximate surface area is 125 Å². The van der Waals surface area contributed by atoms with E-state index < -0.39 is 0 Å². The standard InChI is InChI=1S/C16H22N4O/c1-12(2)17-11-15-18-19-16(21-15)20-10-6-5-8-13-7-3-4-9-14(13)20/h3-4,7,9,12,17H,5-6,8,10-11H2,1-2H3. The molecule has 5 heteroatoms. The summed E-state index contributed by atoms with van der Waals surface area (Å²) in [5, 5.41) is 11.7. The van der Waals surface area contributed by atoms with Crippen molar-refractivity contribution in [3.63, 3.8) is 0 Å². The third-order valence-electron chi connectivity index (χ3n) is 3.71. The Bertz CT molecular complexity index is 593. The number of nitrogens with zero attached hydrogens (tertiary/aromatic N) is 3. The van der Waals surface area contributed by atoms with E-state index in [1.165, 1.54) is 17.7 Å². The van der Waals surface area contributed by atoms with E-state index in [1.54, 1.807) is 0 Å². The number of nitrogens with one attached hydrogen (secondary N) is 1. The molecule has 1 aromatic carbocycles. The molecular weight excluding hydrogens is 264 g/mol. The number of hydrogen-bond donors (Lipinski definition) is 1. The van der Waals surface area contributed by atoms with Crippen LogP contribution in [0.2, 0.25) is 0 Å². The smallest absolute Gasteiger partial charge is 0.322 e. The number of rotatable bonds is 4. The summed E-state index contributed by atoms with van der Waals surface area (Å²) in [5.74, 6) is 0.639. The quantitative estimate of drug-likeness (QED) is 0.936. The summed E-state index contributed by atoms with van der Waals surface area (Å²) in [5.41, 5.74) is 2.55. The molecule has 0 bridgehead atoms. The van der Waals surface area contributed by atoms with Crippen LogP contribution in [0, 0.1) is 0 Å². The Kier molecular flexibility index (Phi) is 4.20. The van der Waals surface area contributed by atoms with Gasteiger partial charge in [0.25, 0.3) is 0 Å². The van der Waals surface area contributed by atoms with Crippen LogP contribution in [0.4, 0.5) is 11.7 Å². The van der Waals surface area contributed by atoms with Gasteiger partial charge in [-0.05, 0) is 30.9 Å². The fourth-order valence-corrected chi connectivity index (χ4v) is 2.61. The second-order valence-electron chi connectivity index (χ2n) is 5.75. The molecule has 1 aromatic heterocycles. The molecule has 21 heavy (non-hydrogen) atoms. The lowest BCUT2D eigenvalue weighted by molar-refractivity contribution is 0.452. The number of aryl methyl sites for hydroxylation is 1. The van der Waals surface area contributed by atoms with Crippen molar-refractivity contribution in [2.75, 3.05) is 11.4 Å². The second kappa shape index (κ2) is 6.26. The van der Waals surface area contributed by atoms with Crippen molar-refractivity contribution >= 4 is 11.7 Å². The fraction of sp³-hybridized carbons (Fsp3) is 0.500. The first-order chi connectivity index (χ1) is 10.2. The van der Waals surface area contributed by atoms with E-state index in [1.807, 2.05) is 0 Å². The highest BCUT2D eigenvalue weighted by atomic mass is 16.4. The van der Waals surface area contributed by atoms with E-state index in [0.29, 0.717) is 24.5 Å². The Morgan fingerprint density at radius 1 is 1.24 bits per heavy atom. The monoisotopic (exact) mass is 286 g/mol. The molecular formula is C16H22N4O. The number of anilines is 2. The van der Waals surface area contributed by atoms with Crippen molar-refractivity contribution < 1.29 is 4.42 Å². The summed E-state index contributed by atoms with van der Waals surface area (Å²) < 4.78 is 5.83. The molecule has 0 unspecified atom stereocenters. The predicted octanol–water partition coefficient (Wildman–Crippen LogP) is 3.04. The molecule has 112 valence electrons. The van der Waals surface area contributed by atoms with E-state index in [2.05, 4.69) is 58.5 Å². The molecule has 0 radical (unpaired) electrons. The number of aromatic nitrogens is 2. The molecule has 2 heterocycles. The van der Waals surface area contributed by atoms with Crippen LogP contribution in [0.25, 0.3) is 0 Å². The van der Waals surface area contributed by atoms with Crippen molar-refractivity contribution in [2.45, 2.75) is 45.7 Å². The van der Waals surface area contributed by atoms with Crippen molar-refractivity contribution in [3.8, 4) is 0 Å². The SMILES string of the molecule is CC(C)NCc1nnc(N2CCCCc3ccccc32)o1. The molecule has 0 amide bonds. The van der Waals surface area contributed by atoms with E-state index in [4.69, 9.17) is 4.42 Å². The van der Waals surface area contributed by atoms with Gasteiger partial charge in [0.2, 0.25) is 5.89 Å². The van der Waals surface area contributed by atoms with Crippen molar-refractivity contribution in [2.24, 2.45) is 0 Å². The fourth-order valence-electron chi connectivity index (χ4n) is 2.61. The maximum atomic E-state index is 5.83. The third-order valence-corrected chi connectivity index (χ3v) is 3.71. The lowest BCUT2D eigenvalue weighted by Gasteiger charge is -2.19. The largest absolute Gasteiger partial charge is 0.406 e. The van der Waals surface area contributed by atoms with Crippen LogP contribution >= 0.6 is 0 Å². The molecule has 0 atom stereocenters. The molecule has 1 aliphatic rings. The molecule has 0 fully saturated rings. The van der Waals surface area contributed by atoms with Crippen LogP contribution in [0.5, 0.6) is 0 Å². The van der Waals surface area contributed by atoms with Crippen LogP contribution in [0.1, 0.15) is 38.1 Å². The summed E-state index contributed by atoms with van der Waals surface area (Å²) in [4.78, 5) is 2.15. The van der Waals surface area contributed by atoms with Gasteiger partial charge in [0, 0.05) is 18.3 Å². The van der Waals surface area contributed by atoms with Gasteiger partial charge in [-0.2, -0.15) is 0 Å². The molecule has 3 rings (SSSR count). The van der Waals surface area contributed by atoms with Crippen LogP contribution in [0.15, 0.2) is 28.7 Å². The minimum absolute atomic E-state index is 0.402. The lowest BCUT2D eigenvalue weighted by atomic mass is 10.1. The number of fused-ring (bicyclic) bond motifs is 1. The van der Waals surface area contributed by atoms with E-state index in [-0.39, 0.29) is 0 Å². The van der Waals surface area contributed by atoms with Crippen molar-refractivity contribution in [1.82, 2.24) is 15.5 Å². The zero-order valence-corrected chi connectivity index (χ0v) is 12.7. The first-order valence-corrected chi connectivity index (χ1v) is 7.65. The van der Waals surface area contributed by atoms with Gasteiger partial charge < -0.3 is 9.73 Å². The highest BCUT2D eigenvalue weighted by Crippen LogP contribution is 2.31. The van der Waals surface area contributed by atoms with Gasteiger partial charge in [-0.3, -0.25) is 4.90 Å². The molecule has 5 nitrogen and oxygen atoms in total. The first kappa shape index (κ1) is 14.1. The maximum Gasteiger partial charge on any atom is 0.322 e. The normalized spacial score (nSPS) is 15.1. The topological polar surface area (TPSA) is 54.2 Å². The van der Waals surface area contributed by atoms with Crippen LogP contribution in [-0.2, 0) is 13.0 Å². The molecule has 0 saturated heterocycles. The Hall–Kier alpha value is -1.88. The minimum Gasteiger partial charge on any atom is -0.406 e. The number of para-hydroxylation sites is 1. The van der Waals surface area contributed by atoms with E-state index in [9.17, 15) is 0 Å². The Balaban J connectivity index is 1.83. The van der Waals surface area contributed by atoms with E-state index >= 15 is 0 Å². The van der Waals surface area contributed by atoms with Gasteiger partial charge in [0.1, 0.15) is 0 Å². The highest BCUT2D eigenvalue weighted by molar-refractivity contribution is 5.61. The third kappa shape index (κ3) is 3.24. The summed E-state index contributed by atoms with van der Waals surface area (Å²) in [6.45, 7) is 5.74. The molecule has 0 spiro atoms.